The van der Waals surface area contributed by atoms with Crippen LogP contribution in [0.15, 0.2) is 42.5 Å². The Balaban J connectivity index is 2.54. The topological polar surface area (TPSA) is 43.1 Å². The van der Waals surface area contributed by atoms with Crippen molar-refractivity contribution in [2.75, 3.05) is 0 Å². The second-order valence-corrected chi connectivity index (χ2v) is 6.45. The smallest absolute Gasteiger partial charge is 0.248 e. The lowest BCUT2D eigenvalue weighted by Gasteiger charge is -2.27. The van der Waals surface area contributed by atoms with Crippen LogP contribution in [0.2, 0.25) is 0 Å². The summed E-state index contributed by atoms with van der Waals surface area (Å²) in [7, 11) is 0. The van der Waals surface area contributed by atoms with Gasteiger partial charge in [-0.3, -0.25) is 4.79 Å². The van der Waals surface area contributed by atoms with Crippen molar-refractivity contribution in [1.29, 1.82) is 0 Å². The third kappa shape index (κ3) is 3.03. The van der Waals surface area contributed by atoms with Crippen LogP contribution in [0.5, 0.6) is 0 Å². The number of carbonyl (C=O) groups is 1. The highest BCUT2D eigenvalue weighted by Crippen LogP contribution is 2.33. The molecule has 0 aliphatic carbocycles. The molecule has 0 aliphatic rings. The zero-order chi connectivity index (χ0) is 16.5. The minimum atomic E-state index is -0.416. The molecule has 0 saturated carbocycles. The van der Waals surface area contributed by atoms with Crippen LogP contribution in [-0.4, -0.2) is 5.91 Å². The van der Waals surface area contributed by atoms with Crippen LogP contribution in [0.4, 0.5) is 4.39 Å². The van der Waals surface area contributed by atoms with Gasteiger partial charge in [-0.25, -0.2) is 4.39 Å². The number of nitrogens with two attached hydrogens (primary N) is 1. The Labute approximate surface area is 131 Å². The molecule has 0 fully saturated rings. The van der Waals surface area contributed by atoms with E-state index in [9.17, 15) is 9.18 Å². The highest BCUT2D eigenvalue weighted by atomic mass is 19.1. The van der Waals surface area contributed by atoms with Gasteiger partial charge in [0.2, 0.25) is 5.91 Å². The van der Waals surface area contributed by atoms with E-state index in [-0.39, 0.29) is 17.2 Å². The molecule has 0 spiro atoms. The molecule has 0 atom stereocenters. The van der Waals surface area contributed by atoms with E-state index in [1.54, 1.807) is 12.1 Å². The molecule has 0 radical (unpaired) electrons. The molecule has 0 saturated heterocycles. The van der Waals surface area contributed by atoms with Crippen molar-refractivity contribution in [1.82, 2.24) is 0 Å². The summed E-state index contributed by atoms with van der Waals surface area (Å²) in [6.45, 7) is 8.17. The molecular formula is C19H22FNO. The van der Waals surface area contributed by atoms with E-state index in [1.807, 2.05) is 32.0 Å². The first-order chi connectivity index (χ1) is 10.2. The van der Waals surface area contributed by atoms with Crippen molar-refractivity contribution in [2.24, 2.45) is 5.73 Å². The summed E-state index contributed by atoms with van der Waals surface area (Å²) in [5, 5.41) is 0. The number of amides is 1. The average molecular weight is 299 g/mol. The second kappa shape index (κ2) is 5.91. The fraction of sp³-hybridized carbons (Fsp3) is 0.316. The third-order valence-corrected chi connectivity index (χ3v) is 4.23. The lowest BCUT2D eigenvalue weighted by molar-refractivity contribution is 0.0999. The van der Waals surface area contributed by atoms with Crippen molar-refractivity contribution in [3.05, 3.63) is 70.5 Å². The van der Waals surface area contributed by atoms with Gasteiger partial charge in [-0.05, 0) is 40.8 Å². The lowest BCUT2D eigenvalue weighted by Crippen LogP contribution is -2.21. The minimum absolute atomic E-state index is 0.227. The van der Waals surface area contributed by atoms with Crippen molar-refractivity contribution < 1.29 is 9.18 Å². The number of halogens is 1. The maximum absolute atomic E-state index is 13.1. The van der Waals surface area contributed by atoms with Crippen LogP contribution in [0.1, 0.15) is 60.7 Å². The number of primary amides is 1. The summed E-state index contributed by atoms with van der Waals surface area (Å²) in [6.07, 6.45) is 0. The number of hydrogen-bond acceptors (Lipinski definition) is 1. The van der Waals surface area contributed by atoms with Gasteiger partial charge < -0.3 is 5.73 Å². The first-order valence-electron chi connectivity index (χ1n) is 7.43. The van der Waals surface area contributed by atoms with Gasteiger partial charge in [-0.1, -0.05) is 52.0 Å². The summed E-state index contributed by atoms with van der Waals surface area (Å²) in [6, 6.07) is 12.3. The molecule has 2 N–H and O–H groups in total. The largest absolute Gasteiger partial charge is 0.366 e. The van der Waals surface area contributed by atoms with Gasteiger partial charge in [0, 0.05) is 11.0 Å². The standard InChI is InChI=1S/C19H22FNO/c1-12(2)16-10-7-14(11-17(16)18(21)22)19(3,4)13-5-8-15(20)9-6-13/h5-12H,1-4H3,(H2,21,22). The predicted molar refractivity (Wildman–Crippen MR) is 87.6 cm³/mol. The molecule has 0 heterocycles. The Morgan fingerprint density at radius 1 is 1.05 bits per heavy atom. The third-order valence-electron chi connectivity index (χ3n) is 4.23. The fourth-order valence-electron chi connectivity index (χ4n) is 2.70. The van der Waals surface area contributed by atoms with Crippen LogP contribution < -0.4 is 5.73 Å². The van der Waals surface area contributed by atoms with Crippen LogP contribution in [-0.2, 0) is 5.41 Å². The fourth-order valence-corrected chi connectivity index (χ4v) is 2.70. The Hall–Kier alpha value is -2.16. The molecule has 0 aromatic heterocycles. The average Bonchev–Trinajstić information content (AvgIpc) is 2.46. The first kappa shape index (κ1) is 16.2. The Morgan fingerprint density at radius 2 is 1.59 bits per heavy atom. The van der Waals surface area contributed by atoms with E-state index in [0.717, 1.165) is 16.7 Å². The van der Waals surface area contributed by atoms with E-state index < -0.39 is 5.91 Å². The maximum Gasteiger partial charge on any atom is 0.248 e. The van der Waals surface area contributed by atoms with Gasteiger partial charge in [0.05, 0.1) is 0 Å². The van der Waals surface area contributed by atoms with E-state index in [0.29, 0.717) is 5.56 Å². The molecule has 116 valence electrons. The van der Waals surface area contributed by atoms with Crippen molar-refractivity contribution in [2.45, 2.75) is 39.0 Å². The molecular weight excluding hydrogens is 277 g/mol. The number of rotatable bonds is 4. The molecule has 3 heteroatoms. The van der Waals surface area contributed by atoms with Gasteiger partial charge in [0.1, 0.15) is 5.82 Å². The maximum atomic E-state index is 13.1. The van der Waals surface area contributed by atoms with Gasteiger partial charge in [0.25, 0.3) is 0 Å². The molecule has 2 nitrogen and oxygen atoms in total. The van der Waals surface area contributed by atoms with Crippen molar-refractivity contribution in [3.63, 3.8) is 0 Å². The molecule has 2 aromatic rings. The minimum Gasteiger partial charge on any atom is -0.366 e. The summed E-state index contributed by atoms with van der Waals surface area (Å²) in [5.74, 6) is -0.446. The van der Waals surface area contributed by atoms with Gasteiger partial charge in [-0.15, -0.1) is 0 Å². The monoisotopic (exact) mass is 299 g/mol. The van der Waals surface area contributed by atoms with Crippen LogP contribution in [0.3, 0.4) is 0 Å². The van der Waals surface area contributed by atoms with E-state index >= 15 is 0 Å². The molecule has 1 amide bonds. The normalized spacial score (nSPS) is 11.7. The van der Waals surface area contributed by atoms with Crippen LogP contribution >= 0.6 is 0 Å². The highest BCUT2D eigenvalue weighted by Gasteiger charge is 2.25. The molecule has 22 heavy (non-hydrogen) atoms. The zero-order valence-corrected chi connectivity index (χ0v) is 13.5. The SMILES string of the molecule is CC(C)c1ccc(C(C)(C)c2ccc(F)cc2)cc1C(N)=O. The summed E-state index contributed by atoms with van der Waals surface area (Å²) >= 11 is 0. The number of benzene rings is 2. The quantitative estimate of drug-likeness (QED) is 0.894. The number of hydrogen-bond donors (Lipinski definition) is 1. The summed E-state index contributed by atoms with van der Waals surface area (Å²) < 4.78 is 13.1. The summed E-state index contributed by atoms with van der Waals surface area (Å²) in [5.41, 5.74) is 8.67. The lowest BCUT2D eigenvalue weighted by atomic mass is 9.76. The Morgan fingerprint density at radius 3 is 2.09 bits per heavy atom. The van der Waals surface area contributed by atoms with E-state index in [4.69, 9.17) is 5.73 Å². The molecule has 0 unspecified atom stereocenters. The van der Waals surface area contributed by atoms with Gasteiger partial charge >= 0.3 is 0 Å². The molecule has 2 rings (SSSR count). The van der Waals surface area contributed by atoms with Gasteiger partial charge in [0.15, 0.2) is 0 Å². The van der Waals surface area contributed by atoms with Gasteiger partial charge in [-0.2, -0.15) is 0 Å². The van der Waals surface area contributed by atoms with Crippen LogP contribution in [0, 0.1) is 5.82 Å². The highest BCUT2D eigenvalue weighted by molar-refractivity contribution is 5.94. The molecule has 0 bridgehead atoms. The first-order valence-corrected chi connectivity index (χ1v) is 7.43. The van der Waals surface area contributed by atoms with Crippen molar-refractivity contribution in [3.8, 4) is 0 Å². The van der Waals surface area contributed by atoms with E-state index in [2.05, 4.69) is 13.8 Å². The zero-order valence-electron chi connectivity index (χ0n) is 13.5. The van der Waals surface area contributed by atoms with Crippen LogP contribution in [0.25, 0.3) is 0 Å². The number of carbonyl (C=O) groups excluding carboxylic acids is 1. The Bertz CT molecular complexity index is 687. The van der Waals surface area contributed by atoms with Crippen molar-refractivity contribution >= 4 is 5.91 Å². The second-order valence-electron chi connectivity index (χ2n) is 6.45. The molecule has 0 aliphatic heterocycles. The van der Waals surface area contributed by atoms with E-state index in [1.165, 1.54) is 12.1 Å². The Kier molecular flexibility index (Phi) is 4.36. The molecule has 2 aromatic carbocycles. The predicted octanol–water partition coefficient (Wildman–Crippen LogP) is 4.37. The summed E-state index contributed by atoms with van der Waals surface area (Å²) in [4.78, 5) is 11.8.